The van der Waals surface area contributed by atoms with Crippen molar-refractivity contribution >= 4 is 0 Å². The molecule has 0 saturated carbocycles. The molecule has 0 amide bonds. The number of ether oxygens (including phenoxy) is 1. The van der Waals surface area contributed by atoms with Gasteiger partial charge in [0.1, 0.15) is 12.4 Å². The summed E-state index contributed by atoms with van der Waals surface area (Å²) < 4.78 is 5.88. The van der Waals surface area contributed by atoms with Gasteiger partial charge in [-0.15, -0.1) is 0 Å². The van der Waals surface area contributed by atoms with E-state index in [2.05, 4.69) is 52.0 Å². The van der Waals surface area contributed by atoms with Gasteiger partial charge >= 0.3 is 0 Å². The molecule has 0 spiro atoms. The molecular formula is C19H25NO. The zero-order valence-electron chi connectivity index (χ0n) is 13.4. The SMILES string of the molecule is CCc1cccc(OCC(N)c2c(C)cc(C)cc2C)c1. The summed E-state index contributed by atoms with van der Waals surface area (Å²) in [6.45, 7) is 8.99. The summed E-state index contributed by atoms with van der Waals surface area (Å²) in [5, 5.41) is 0. The van der Waals surface area contributed by atoms with E-state index in [0.29, 0.717) is 6.61 Å². The first-order chi connectivity index (χ1) is 10.0. The summed E-state index contributed by atoms with van der Waals surface area (Å²) in [6.07, 6.45) is 1.01. The van der Waals surface area contributed by atoms with Gasteiger partial charge in [-0.2, -0.15) is 0 Å². The summed E-state index contributed by atoms with van der Waals surface area (Å²) in [5.74, 6) is 0.896. The van der Waals surface area contributed by atoms with Gasteiger partial charge in [-0.3, -0.25) is 0 Å². The molecule has 21 heavy (non-hydrogen) atoms. The predicted octanol–water partition coefficient (Wildman–Crippen LogP) is 4.25. The van der Waals surface area contributed by atoms with Crippen LogP contribution in [-0.2, 0) is 6.42 Å². The minimum absolute atomic E-state index is 0.101. The van der Waals surface area contributed by atoms with Gasteiger partial charge in [-0.25, -0.2) is 0 Å². The number of nitrogens with two attached hydrogens (primary N) is 1. The van der Waals surface area contributed by atoms with Gasteiger partial charge in [0, 0.05) is 0 Å². The lowest BCUT2D eigenvalue weighted by Gasteiger charge is -2.19. The van der Waals surface area contributed by atoms with E-state index in [4.69, 9.17) is 10.5 Å². The van der Waals surface area contributed by atoms with Gasteiger partial charge in [0.2, 0.25) is 0 Å². The van der Waals surface area contributed by atoms with Crippen molar-refractivity contribution in [3.8, 4) is 5.75 Å². The van der Waals surface area contributed by atoms with E-state index in [1.807, 2.05) is 12.1 Å². The highest BCUT2D eigenvalue weighted by atomic mass is 16.5. The van der Waals surface area contributed by atoms with Crippen molar-refractivity contribution in [2.75, 3.05) is 6.61 Å². The Kier molecular flexibility index (Phi) is 5.03. The van der Waals surface area contributed by atoms with Gasteiger partial charge in [0.15, 0.2) is 0 Å². The van der Waals surface area contributed by atoms with Crippen LogP contribution >= 0.6 is 0 Å². The fraction of sp³-hybridized carbons (Fsp3) is 0.368. The first-order valence-corrected chi connectivity index (χ1v) is 7.56. The van der Waals surface area contributed by atoms with Crippen LogP contribution in [0.4, 0.5) is 0 Å². The molecule has 0 fully saturated rings. The minimum atomic E-state index is -0.101. The Morgan fingerprint density at radius 2 is 1.71 bits per heavy atom. The van der Waals surface area contributed by atoms with Gasteiger partial charge in [0.05, 0.1) is 6.04 Å². The molecule has 2 heteroatoms. The van der Waals surface area contributed by atoms with Gasteiger partial charge in [-0.05, 0) is 61.6 Å². The average molecular weight is 283 g/mol. The van der Waals surface area contributed by atoms with Crippen LogP contribution in [0.25, 0.3) is 0 Å². The number of hydrogen-bond donors (Lipinski definition) is 1. The van der Waals surface area contributed by atoms with Crippen molar-refractivity contribution in [2.45, 2.75) is 40.2 Å². The maximum Gasteiger partial charge on any atom is 0.119 e. The molecule has 1 atom stereocenters. The standard InChI is InChI=1S/C19H25NO/c1-5-16-7-6-8-17(11-16)21-12-18(20)19-14(3)9-13(2)10-15(19)4/h6-11,18H,5,12,20H2,1-4H3. The Morgan fingerprint density at radius 1 is 1.05 bits per heavy atom. The molecule has 0 aliphatic carbocycles. The van der Waals surface area contributed by atoms with E-state index in [1.54, 1.807) is 0 Å². The summed E-state index contributed by atoms with van der Waals surface area (Å²) in [5.41, 5.74) is 12.6. The smallest absolute Gasteiger partial charge is 0.119 e. The van der Waals surface area contributed by atoms with E-state index >= 15 is 0 Å². The highest BCUT2D eigenvalue weighted by Gasteiger charge is 2.13. The summed E-state index contributed by atoms with van der Waals surface area (Å²) in [6, 6.07) is 12.5. The highest BCUT2D eigenvalue weighted by Crippen LogP contribution is 2.23. The van der Waals surface area contributed by atoms with Crippen molar-refractivity contribution in [1.82, 2.24) is 0 Å². The van der Waals surface area contributed by atoms with Crippen LogP contribution in [0.1, 0.15) is 40.8 Å². The average Bonchev–Trinajstić information content (AvgIpc) is 2.44. The molecule has 0 aromatic heterocycles. The molecule has 2 N–H and O–H groups in total. The van der Waals surface area contributed by atoms with Crippen LogP contribution in [0.5, 0.6) is 5.75 Å². The van der Waals surface area contributed by atoms with Crippen molar-refractivity contribution < 1.29 is 4.74 Å². The van der Waals surface area contributed by atoms with Crippen LogP contribution in [-0.4, -0.2) is 6.61 Å². The molecular weight excluding hydrogens is 258 g/mol. The van der Waals surface area contributed by atoms with E-state index in [-0.39, 0.29) is 6.04 Å². The van der Waals surface area contributed by atoms with E-state index < -0.39 is 0 Å². The molecule has 0 saturated heterocycles. The third-order valence-corrected chi connectivity index (χ3v) is 3.85. The maximum atomic E-state index is 6.34. The van der Waals surface area contributed by atoms with Crippen molar-refractivity contribution in [2.24, 2.45) is 5.73 Å². The second kappa shape index (κ2) is 6.77. The molecule has 2 aromatic rings. The monoisotopic (exact) mass is 283 g/mol. The molecule has 1 unspecified atom stereocenters. The number of hydrogen-bond acceptors (Lipinski definition) is 2. The normalized spacial score (nSPS) is 12.2. The molecule has 2 nitrogen and oxygen atoms in total. The number of aryl methyl sites for hydroxylation is 4. The molecule has 0 bridgehead atoms. The van der Waals surface area contributed by atoms with Crippen molar-refractivity contribution in [3.63, 3.8) is 0 Å². The topological polar surface area (TPSA) is 35.2 Å². The molecule has 0 aliphatic heterocycles. The van der Waals surface area contributed by atoms with E-state index in [9.17, 15) is 0 Å². The second-order valence-electron chi connectivity index (χ2n) is 5.73. The maximum absolute atomic E-state index is 6.34. The Hall–Kier alpha value is -1.80. The van der Waals surface area contributed by atoms with Gasteiger partial charge in [-0.1, -0.05) is 36.8 Å². The van der Waals surface area contributed by atoms with Crippen molar-refractivity contribution in [1.29, 1.82) is 0 Å². The molecule has 0 radical (unpaired) electrons. The van der Waals surface area contributed by atoms with E-state index in [0.717, 1.165) is 12.2 Å². The van der Waals surface area contributed by atoms with Crippen LogP contribution in [0, 0.1) is 20.8 Å². The Bertz CT molecular complexity index is 596. The lowest BCUT2D eigenvalue weighted by molar-refractivity contribution is 0.289. The van der Waals surface area contributed by atoms with Crippen LogP contribution in [0.15, 0.2) is 36.4 Å². The van der Waals surface area contributed by atoms with Crippen LogP contribution in [0.2, 0.25) is 0 Å². The molecule has 0 heterocycles. The first-order valence-electron chi connectivity index (χ1n) is 7.56. The van der Waals surface area contributed by atoms with Crippen LogP contribution in [0.3, 0.4) is 0 Å². The zero-order chi connectivity index (χ0) is 15.4. The number of rotatable bonds is 5. The predicted molar refractivity (Wildman–Crippen MR) is 88.9 cm³/mol. The Balaban J connectivity index is 2.10. The lowest BCUT2D eigenvalue weighted by atomic mass is 9.95. The van der Waals surface area contributed by atoms with Crippen LogP contribution < -0.4 is 10.5 Å². The summed E-state index contributed by atoms with van der Waals surface area (Å²) in [7, 11) is 0. The fourth-order valence-electron chi connectivity index (χ4n) is 2.90. The molecule has 2 rings (SSSR count). The zero-order valence-corrected chi connectivity index (χ0v) is 13.4. The molecule has 112 valence electrons. The third-order valence-electron chi connectivity index (χ3n) is 3.85. The highest BCUT2D eigenvalue weighted by molar-refractivity contribution is 5.39. The first kappa shape index (κ1) is 15.6. The summed E-state index contributed by atoms with van der Waals surface area (Å²) in [4.78, 5) is 0. The molecule has 0 aliphatic rings. The minimum Gasteiger partial charge on any atom is -0.492 e. The fourth-order valence-corrected chi connectivity index (χ4v) is 2.90. The second-order valence-corrected chi connectivity index (χ2v) is 5.73. The largest absolute Gasteiger partial charge is 0.492 e. The lowest BCUT2D eigenvalue weighted by Crippen LogP contribution is -2.21. The van der Waals surface area contributed by atoms with Crippen molar-refractivity contribution in [3.05, 3.63) is 64.2 Å². The van der Waals surface area contributed by atoms with Gasteiger partial charge < -0.3 is 10.5 Å². The molecule has 2 aromatic carbocycles. The Morgan fingerprint density at radius 3 is 2.33 bits per heavy atom. The Labute approximate surface area is 127 Å². The number of benzene rings is 2. The third kappa shape index (κ3) is 3.85. The van der Waals surface area contributed by atoms with E-state index in [1.165, 1.54) is 27.8 Å². The van der Waals surface area contributed by atoms with Gasteiger partial charge in [0.25, 0.3) is 0 Å². The quantitative estimate of drug-likeness (QED) is 0.890. The summed E-state index contributed by atoms with van der Waals surface area (Å²) >= 11 is 0.